The van der Waals surface area contributed by atoms with Crippen LogP contribution in [0.4, 0.5) is 10.9 Å². The molecule has 16 heavy (non-hydrogen) atoms. The molecule has 0 fully saturated rings. The molecule has 0 aliphatic rings. The number of hydrogen-bond acceptors (Lipinski definition) is 7. The van der Waals surface area contributed by atoms with Crippen molar-refractivity contribution in [3.05, 3.63) is 11.8 Å². The summed E-state index contributed by atoms with van der Waals surface area (Å²) < 4.78 is 27.4. The van der Waals surface area contributed by atoms with E-state index in [1.807, 2.05) is 0 Å². The molecule has 8 nitrogen and oxygen atoms in total. The van der Waals surface area contributed by atoms with Gasteiger partial charge in [0.15, 0.2) is 10.8 Å². The quantitative estimate of drug-likeness (QED) is 0.779. The zero-order valence-electron chi connectivity index (χ0n) is 8.15. The fourth-order valence-electron chi connectivity index (χ4n) is 1.15. The number of nitrogens with two attached hydrogens (primary N) is 1. The highest BCUT2D eigenvalue weighted by Crippen LogP contribution is 2.20. The van der Waals surface area contributed by atoms with Crippen LogP contribution in [0.25, 0.3) is 0 Å². The summed E-state index contributed by atoms with van der Waals surface area (Å²) in [5, 5.41) is 7.19. The molecule has 0 radical (unpaired) electrons. The van der Waals surface area contributed by atoms with Crippen molar-refractivity contribution < 1.29 is 8.42 Å². The fourth-order valence-corrected chi connectivity index (χ4v) is 3.08. The van der Waals surface area contributed by atoms with Crippen LogP contribution in [-0.2, 0) is 17.1 Å². The highest BCUT2D eigenvalue weighted by atomic mass is 32.2. The lowest BCUT2D eigenvalue weighted by Gasteiger charge is -2.05. The predicted molar refractivity (Wildman–Crippen MR) is 58.3 cm³/mol. The molecule has 0 unspecified atom stereocenters. The van der Waals surface area contributed by atoms with Gasteiger partial charge in [-0.1, -0.05) is 11.3 Å². The van der Waals surface area contributed by atoms with E-state index in [1.54, 1.807) is 0 Å². The minimum atomic E-state index is -3.77. The number of nitrogens with one attached hydrogen (secondary N) is 1. The summed E-state index contributed by atoms with van der Waals surface area (Å²) in [5.74, 6) is -0.0560. The molecule has 10 heteroatoms. The van der Waals surface area contributed by atoms with E-state index in [0.717, 1.165) is 11.3 Å². The Labute approximate surface area is 95.2 Å². The Morgan fingerprint density at radius 3 is 2.81 bits per heavy atom. The number of rotatable bonds is 3. The van der Waals surface area contributed by atoms with Crippen LogP contribution in [0.3, 0.4) is 0 Å². The fraction of sp³-hybridized carbons (Fsp3) is 0.167. The second kappa shape index (κ2) is 3.72. The smallest absolute Gasteiger partial charge is 0.283 e. The summed E-state index contributed by atoms with van der Waals surface area (Å²) in [5.41, 5.74) is 6.89. The van der Waals surface area contributed by atoms with Crippen molar-refractivity contribution in [3.63, 3.8) is 0 Å². The van der Waals surface area contributed by atoms with Crippen molar-refractivity contribution in [1.29, 1.82) is 0 Å². The molecule has 0 spiro atoms. The molecule has 2 rings (SSSR count). The zero-order valence-corrected chi connectivity index (χ0v) is 9.79. The van der Waals surface area contributed by atoms with E-state index in [9.17, 15) is 8.42 Å². The molecular formula is C6H8N6O2S2. The van der Waals surface area contributed by atoms with Crippen LogP contribution in [-0.4, -0.2) is 28.2 Å². The van der Waals surface area contributed by atoms with Gasteiger partial charge in [-0.25, -0.2) is 4.98 Å². The van der Waals surface area contributed by atoms with Crippen LogP contribution in [0.1, 0.15) is 0 Å². The molecule has 2 aromatic rings. The van der Waals surface area contributed by atoms with Gasteiger partial charge in [0.1, 0.15) is 5.51 Å². The van der Waals surface area contributed by atoms with E-state index >= 15 is 0 Å². The third-order valence-corrected chi connectivity index (χ3v) is 3.95. The Hall–Kier alpha value is -1.68. The third kappa shape index (κ3) is 1.84. The molecule has 3 N–H and O–H groups in total. The topological polar surface area (TPSA) is 116 Å². The number of hydrogen-bond donors (Lipinski definition) is 2. The molecule has 0 aliphatic carbocycles. The lowest BCUT2D eigenvalue weighted by atomic mass is 10.8. The highest BCUT2D eigenvalue weighted by Gasteiger charge is 2.23. The van der Waals surface area contributed by atoms with E-state index in [-0.39, 0.29) is 16.0 Å². The molecule has 0 aliphatic heterocycles. The van der Waals surface area contributed by atoms with Crippen molar-refractivity contribution in [2.75, 3.05) is 10.5 Å². The van der Waals surface area contributed by atoms with Gasteiger partial charge in [-0.2, -0.15) is 8.42 Å². The van der Waals surface area contributed by atoms with E-state index in [0.29, 0.717) is 0 Å². The van der Waals surface area contributed by atoms with Crippen LogP contribution in [0.15, 0.2) is 16.9 Å². The number of nitrogens with zero attached hydrogens (tertiary/aromatic N) is 4. The van der Waals surface area contributed by atoms with Crippen molar-refractivity contribution in [2.45, 2.75) is 5.03 Å². The third-order valence-electron chi connectivity index (χ3n) is 1.75. The molecule has 0 atom stereocenters. The maximum atomic E-state index is 11.9. The summed E-state index contributed by atoms with van der Waals surface area (Å²) >= 11 is 1.08. The molecule has 0 saturated carbocycles. The second-order valence-corrected chi connectivity index (χ2v) is 5.33. The summed E-state index contributed by atoms with van der Waals surface area (Å²) in [6.07, 6.45) is 1.32. The number of sulfonamides is 1. The molecule has 0 amide bonds. The molecule has 2 aromatic heterocycles. The monoisotopic (exact) mass is 260 g/mol. The van der Waals surface area contributed by atoms with Crippen LogP contribution in [0.2, 0.25) is 0 Å². The van der Waals surface area contributed by atoms with Crippen LogP contribution >= 0.6 is 11.3 Å². The Balaban J connectivity index is 2.40. The van der Waals surface area contributed by atoms with Gasteiger partial charge in [-0.15, -0.1) is 10.2 Å². The van der Waals surface area contributed by atoms with Crippen LogP contribution in [0, 0.1) is 0 Å². The molecule has 0 bridgehead atoms. The number of aryl methyl sites for hydroxylation is 1. The lowest BCUT2D eigenvalue weighted by molar-refractivity contribution is 0.591. The molecular weight excluding hydrogens is 252 g/mol. The second-order valence-electron chi connectivity index (χ2n) is 2.90. The van der Waals surface area contributed by atoms with Gasteiger partial charge in [0.25, 0.3) is 10.0 Å². The SMILES string of the molecule is Cn1cnc(N)c1S(=O)(=O)Nc1nncs1. The first-order chi connectivity index (χ1) is 7.50. The lowest BCUT2D eigenvalue weighted by Crippen LogP contribution is -2.17. The van der Waals surface area contributed by atoms with Crippen LogP contribution in [0.5, 0.6) is 0 Å². The van der Waals surface area contributed by atoms with Crippen molar-refractivity contribution >= 4 is 32.3 Å². The van der Waals surface area contributed by atoms with Crippen molar-refractivity contribution in [3.8, 4) is 0 Å². The van der Waals surface area contributed by atoms with Gasteiger partial charge in [-0.05, 0) is 0 Å². The van der Waals surface area contributed by atoms with E-state index in [2.05, 4.69) is 19.9 Å². The normalized spacial score (nSPS) is 11.6. The number of nitrogen functional groups attached to an aromatic ring is 1. The number of imidazole rings is 1. The first-order valence-corrected chi connectivity index (χ1v) is 6.43. The number of aromatic nitrogens is 4. The van der Waals surface area contributed by atoms with Gasteiger partial charge >= 0.3 is 0 Å². The largest absolute Gasteiger partial charge is 0.381 e. The minimum absolute atomic E-state index is 0.0560. The summed E-state index contributed by atoms with van der Waals surface area (Å²) in [7, 11) is -2.23. The van der Waals surface area contributed by atoms with Gasteiger partial charge in [0.05, 0.1) is 6.33 Å². The maximum absolute atomic E-state index is 11.9. The van der Waals surface area contributed by atoms with E-state index < -0.39 is 10.0 Å². The van der Waals surface area contributed by atoms with E-state index in [1.165, 1.54) is 23.5 Å². The van der Waals surface area contributed by atoms with Gasteiger partial charge in [0.2, 0.25) is 5.13 Å². The summed E-state index contributed by atoms with van der Waals surface area (Å²) in [4.78, 5) is 3.70. The molecule has 0 aromatic carbocycles. The maximum Gasteiger partial charge on any atom is 0.283 e. The average molecular weight is 260 g/mol. The Kier molecular flexibility index (Phi) is 2.52. The Bertz CT molecular complexity index is 567. The predicted octanol–water partition coefficient (Wildman–Crippen LogP) is -0.345. The minimum Gasteiger partial charge on any atom is -0.381 e. The summed E-state index contributed by atoms with van der Waals surface area (Å²) in [6.45, 7) is 0. The first-order valence-electron chi connectivity index (χ1n) is 4.06. The van der Waals surface area contributed by atoms with Gasteiger partial charge in [-0.3, -0.25) is 4.72 Å². The van der Waals surface area contributed by atoms with Crippen molar-refractivity contribution in [2.24, 2.45) is 7.05 Å². The number of anilines is 2. The Morgan fingerprint density at radius 1 is 1.56 bits per heavy atom. The van der Waals surface area contributed by atoms with Crippen molar-refractivity contribution in [1.82, 2.24) is 19.7 Å². The highest BCUT2D eigenvalue weighted by molar-refractivity contribution is 7.93. The first kappa shape index (κ1) is 10.8. The standard InChI is InChI=1S/C6H8N6O2S2/c1-12-2-8-4(7)5(12)16(13,14)11-6-10-9-3-15-6/h2-3H,7H2,1H3,(H,10,11). The van der Waals surface area contributed by atoms with Gasteiger partial charge < -0.3 is 10.3 Å². The van der Waals surface area contributed by atoms with Gasteiger partial charge in [0, 0.05) is 7.05 Å². The Morgan fingerprint density at radius 2 is 2.31 bits per heavy atom. The summed E-state index contributed by atoms with van der Waals surface area (Å²) in [6, 6.07) is 0. The molecule has 0 saturated heterocycles. The zero-order chi connectivity index (χ0) is 11.8. The van der Waals surface area contributed by atoms with Crippen LogP contribution < -0.4 is 10.5 Å². The average Bonchev–Trinajstić information content (AvgIpc) is 2.76. The molecule has 2 heterocycles. The van der Waals surface area contributed by atoms with E-state index in [4.69, 9.17) is 5.73 Å². The molecule has 86 valence electrons.